The van der Waals surface area contributed by atoms with E-state index >= 15 is 0 Å². The molecule has 1 nitrogen and oxygen atoms in total. The lowest BCUT2D eigenvalue weighted by atomic mass is 10.3. The molecule has 0 amide bonds. The number of hydrogen-bond donors (Lipinski definition) is 1. The first-order valence-electron chi connectivity index (χ1n) is 2.45. The number of anilines is 1. The van der Waals surface area contributed by atoms with Crippen molar-refractivity contribution in [3.8, 4) is 0 Å². The highest BCUT2D eigenvalue weighted by molar-refractivity contribution is 6.30. The molecule has 0 saturated heterocycles. The van der Waals surface area contributed by atoms with Gasteiger partial charge in [0.05, 0.1) is 5.69 Å². The average Bonchev–Trinajstić information content (AvgIpc) is 1.88. The molecule has 0 radical (unpaired) electrons. The summed E-state index contributed by atoms with van der Waals surface area (Å²) in [6.45, 7) is 0. The summed E-state index contributed by atoms with van der Waals surface area (Å²) in [6, 6.07) is 6.44. The lowest BCUT2D eigenvalue weighted by Crippen LogP contribution is -1.78. The van der Waals surface area contributed by atoms with Gasteiger partial charge >= 0.3 is 0 Å². The van der Waals surface area contributed by atoms with Crippen LogP contribution in [0, 0.1) is 0 Å². The van der Waals surface area contributed by atoms with Crippen LogP contribution in [-0.4, -0.2) is 0 Å². The SMILES string of the molecule is FNc1cccc(Cl)c1. The highest BCUT2D eigenvalue weighted by Gasteiger charge is 1.88. The summed E-state index contributed by atoms with van der Waals surface area (Å²) in [5.41, 5.74) is 1.86. The molecule has 0 heterocycles. The third-order valence-electron chi connectivity index (χ3n) is 0.934. The van der Waals surface area contributed by atoms with Gasteiger partial charge in [-0.1, -0.05) is 17.7 Å². The van der Waals surface area contributed by atoms with Gasteiger partial charge in [0.2, 0.25) is 0 Å². The van der Waals surface area contributed by atoms with Crippen molar-refractivity contribution in [3.63, 3.8) is 0 Å². The van der Waals surface area contributed by atoms with Gasteiger partial charge in [-0.2, -0.15) is 0 Å². The second kappa shape index (κ2) is 2.69. The molecular weight excluding hydrogens is 141 g/mol. The van der Waals surface area contributed by atoms with Crippen molar-refractivity contribution in [2.24, 2.45) is 0 Å². The molecule has 3 heteroatoms. The summed E-state index contributed by atoms with van der Waals surface area (Å²) < 4.78 is 11.6. The average molecular weight is 146 g/mol. The zero-order valence-electron chi connectivity index (χ0n) is 4.57. The van der Waals surface area contributed by atoms with E-state index < -0.39 is 0 Å². The Morgan fingerprint density at radius 3 is 2.67 bits per heavy atom. The van der Waals surface area contributed by atoms with E-state index in [1.807, 2.05) is 0 Å². The molecule has 0 bridgehead atoms. The summed E-state index contributed by atoms with van der Waals surface area (Å²) in [7, 11) is 0. The minimum atomic E-state index is 0.377. The molecule has 1 rings (SSSR count). The number of nitrogens with one attached hydrogen (secondary N) is 1. The number of benzene rings is 1. The summed E-state index contributed by atoms with van der Waals surface area (Å²) in [5, 5.41) is 0.526. The normalized spacial score (nSPS) is 9.11. The molecule has 0 atom stereocenters. The van der Waals surface area contributed by atoms with Crippen molar-refractivity contribution in [2.75, 3.05) is 5.54 Å². The van der Waals surface area contributed by atoms with E-state index in [1.165, 1.54) is 11.6 Å². The first-order chi connectivity index (χ1) is 4.33. The molecule has 1 aromatic carbocycles. The minimum absolute atomic E-state index is 0.377. The van der Waals surface area contributed by atoms with Crippen LogP contribution < -0.4 is 5.54 Å². The Kier molecular flexibility index (Phi) is 1.90. The molecule has 0 aromatic heterocycles. The van der Waals surface area contributed by atoms with Crippen molar-refractivity contribution >= 4 is 17.3 Å². The maximum Gasteiger partial charge on any atom is 0.0670 e. The Bertz CT molecular complexity index is 202. The zero-order chi connectivity index (χ0) is 6.69. The zero-order valence-corrected chi connectivity index (χ0v) is 5.32. The summed E-state index contributed by atoms with van der Waals surface area (Å²) >= 11 is 5.52. The molecule has 9 heavy (non-hydrogen) atoms. The smallest absolute Gasteiger partial charge is 0.0670 e. The Morgan fingerprint density at radius 1 is 1.44 bits per heavy atom. The lowest BCUT2D eigenvalue weighted by molar-refractivity contribution is 0.618. The monoisotopic (exact) mass is 145 g/mol. The predicted octanol–water partition coefficient (Wildman–Crippen LogP) is 2.64. The first kappa shape index (κ1) is 6.36. The van der Waals surface area contributed by atoms with Crippen LogP contribution >= 0.6 is 11.6 Å². The van der Waals surface area contributed by atoms with Crippen molar-refractivity contribution < 1.29 is 4.48 Å². The fraction of sp³-hybridized carbons (Fsp3) is 0. The molecule has 0 fully saturated rings. The molecular formula is C6H5ClFN. The van der Waals surface area contributed by atoms with Crippen molar-refractivity contribution in [1.82, 2.24) is 0 Å². The summed E-state index contributed by atoms with van der Waals surface area (Å²) in [6.07, 6.45) is 0. The van der Waals surface area contributed by atoms with Crippen LogP contribution in [0.2, 0.25) is 5.02 Å². The van der Waals surface area contributed by atoms with Gasteiger partial charge in [-0.3, -0.25) is 0 Å². The van der Waals surface area contributed by atoms with Gasteiger partial charge in [0.1, 0.15) is 0 Å². The Balaban J connectivity index is 2.94. The van der Waals surface area contributed by atoms with Crippen LogP contribution in [0.1, 0.15) is 0 Å². The van der Waals surface area contributed by atoms with Gasteiger partial charge in [-0.25, -0.2) is 5.54 Å². The maximum absolute atomic E-state index is 11.6. The molecule has 0 unspecified atom stereocenters. The van der Waals surface area contributed by atoms with Crippen LogP contribution in [0.3, 0.4) is 0 Å². The predicted molar refractivity (Wildman–Crippen MR) is 36.2 cm³/mol. The molecule has 0 aliphatic heterocycles. The third kappa shape index (κ3) is 1.57. The first-order valence-corrected chi connectivity index (χ1v) is 2.83. The van der Waals surface area contributed by atoms with Crippen molar-refractivity contribution in [2.45, 2.75) is 0 Å². The number of rotatable bonds is 1. The van der Waals surface area contributed by atoms with Crippen LogP contribution in [0.15, 0.2) is 24.3 Å². The molecule has 0 saturated carbocycles. The van der Waals surface area contributed by atoms with Gasteiger partial charge in [-0.15, -0.1) is 4.48 Å². The van der Waals surface area contributed by atoms with Crippen LogP contribution in [0.25, 0.3) is 0 Å². The van der Waals surface area contributed by atoms with E-state index in [0.29, 0.717) is 10.7 Å². The highest BCUT2D eigenvalue weighted by Crippen LogP contribution is 2.14. The molecule has 1 aromatic rings. The quantitative estimate of drug-likeness (QED) is 0.599. The second-order valence-corrected chi connectivity index (χ2v) is 2.04. The van der Waals surface area contributed by atoms with Gasteiger partial charge in [0.15, 0.2) is 0 Å². The second-order valence-electron chi connectivity index (χ2n) is 1.60. The molecule has 0 spiro atoms. The van der Waals surface area contributed by atoms with E-state index in [-0.39, 0.29) is 0 Å². The van der Waals surface area contributed by atoms with Gasteiger partial charge in [0, 0.05) is 5.02 Å². The van der Waals surface area contributed by atoms with Gasteiger partial charge in [-0.05, 0) is 18.2 Å². The maximum atomic E-state index is 11.6. The van der Waals surface area contributed by atoms with Gasteiger partial charge < -0.3 is 0 Å². The summed E-state index contributed by atoms with van der Waals surface area (Å²) in [4.78, 5) is 0. The fourth-order valence-corrected chi connectivity index (χ4v) is 0.738. The van der Waals surface area contributed by atoms with Gasteiger partial charge in [0.25, 0.3) is 0 Å². The Labute approximate surface area is 57.4 Å². The molecule has 0 aliphatic carbocycles. The molecule has 1 N–H and O–H groups in total. The number of hydrogen-bond acceptors (Lipinski definition) is 1. The van der Waals surface area contributed by atoms with Crippen LogP contribution in [0.5, 0.6) is 0 Å². The summed E-state index contributed by atoms with van der Waals surface area (Å²) in [5.74, 6) is 0. The Hall–Kier alpha value is -0.760. The number of halogens is 2. The lowest BCUT2D eigenvalue weighted by Gasteiger charge is -1.93. The van der Waals surface area contributed by atoms with E-state index in [9.17, 15) is 4.48 Å². The molecule has 48 valence electrons. The fourth-order valence-electron chi connectivity index (χ4n) is 0.547. The van der Waals surface area contributed by atoms with Crippen molar-refractivity contribution in [1.29, 1.82) is 0 Å². The largest absolute Gasteiger partial charge is 0.225 e. The molecule has 0 aliphatic rings. The Morgan fingerprint density at radius 2 is 2.22 bits per heavy atom. The minimum Gasteiger partial charge on any atom is -0.225 e. The van der Waals surface area contributed by atoms with E-state index in [0.717, 1.165) is 0 Å². The van der Waals surface area contributed by atoms with E-state index in [2.05, 4.69) is 0 Å². The van der Waals surface area contributed by atoms with Crippen LogP contribution in [-0.2, 0) is 0 Å². The van der Waals surface area contributed by atoms with E-state index in [4.69, 9.17) is 11.6 Å². The standard InChI is InChI=1S/C6H5ClFN/c7-5-2-1-3-6(4-5)9-8/h1-4,9H. The third-order valence-corrected chi connectivity index (χ3v) is 1.17. The van der Waals surface area contributed by atoms with E-state index in [1.54, 1.807) is 18.2 Å². The van der Waals surface area contributed by atoms with Crippen LogP contribution in [0.4, 0.5) is 10.2 Å². The topological polar surface area (TPSA) is 12.0 Å². The highest BCUT2D eigenvalue weighted by atomic mass is 35.5. The van der Waals surface area contributed by atoms with Crippen molar-refractivity contribution in [3.05, 3.63) is 29.3 Å².